The van der Waals surface area contributed by atoms with Crippen LogP contribution in [0.2, 0.25) is 0 Å². The molecule has 128 valence electrons. The molecule has 0 N–H and O–H groups in total. The topological polar surface area (TPSA) is 61.8 Å². The van der Waals surface area contributed by atoms with Crippen LogP contribution in [0.4, 0.5) is 0 Å². The van der Waals surface area contributed by atoms with Crippen LogP contribution in [0, 0.1) is 5.92 Å². The van der Waals surface area contributed by atoms with Gasteiger partial charge in [-0.3, -0.25) is 9.59 Å². The minimum Gasteiger partial charge on any atom is -0.465 e. The summed E-state index contributed by atoms with van der Waals surface area (Å²) in [6.45, 7) is 4.13. The molecular formula is C17H23ClO5. The Labute approximate surface area is 141 Å². The standard InChI is InChI=1S/C17H23ClO5/c1-3-21-16(19)15(17(20)22-4-2)10-14(11-18)23-12-13-8-6-5-7-9-13/h5-9,14-15H,3-4,10-12H2,1-2H3. The summed E-state index contributed by atoms with van der Waals surface area (Å²) >= 11 is 5.91. The number of benzene rings is 1. The van der Waals surface area contributed by atoms with Gasteiger partial charge in [-0.2, -0.15) is 0 Å². The lowest BCUT2D eigenvalue weighted by atomic mass is 10.0. The van der Waals surface area contributed by atoms with E-state index >= 15 is 0 Å². The molecule has 0 bridgehead atoms. The van der Waals surface area contributed by atoms with Gasteiger partial charge in [0.25, 0.3) is 0 Å². The Kier molecular flexibility index (Phi) is 9.33. The van der Waals surface area contributed by atoms with E-state index in [1.165, 1.54) is 0 Å². The predicted molar refractivity (Wildman–Crippen MR) is 87.1 cm³/mol. The van der Waals surface area contributed by atoms with E-state index in [9.17, 15) is 9.59 Å². The zero-order chi connectivity index (χ0) is 17.1. The van der Waals surface area contributed by atoms with Gasteiger partial charge in [-0.05, 0) is 25.8 Å². The van der Waals surface area contributed by atoms with E-state index < -0.39 is 24.0 Å². The van der Waals surface area contributed by atoms with Crippen LogP contribution < -0.4 is 0 Å². The quantitative estimate of drug-likeness (QED) is 0.371. The number of alkyl halides is 1. The number of ether oxygens (including phenoxy) is 3. The first-order valence-electron chi connectivity index (χ1n) is 7.67. The highest BCUT2D eigenvalue weighted by atomic mass is 35.5. The van der Waals surface area contributed by atoms with Crippen molar-refractivity contribution in [1.82, 2.24) is 0 Å². The van der Waals surface area contributed by atoms with Gasteiger partial charge in [-0.1, -0.05) is 30.3 Å². The summed E-state index contributed by atoms with van der Waals surface area (Å²) < 4.78 is 15.6. The SMILES string of the molecule is CCOC(=O)C(CC(CCl)OCc1ccccc1)C(=O)OCC. The van der Waals surface area contributed by atoms with E-state index in [0.717, 1.165) is 5.56 Å². The molecule has 1 aromatic carbocycles. The molecule has 0 aromatic heterocycles. The summed E-state index contributed by atoms with van der Waals surface area (Å²) in [7, 11) is 0. The minimum absolute atomic E-state index is 0.133. The molecule has 0 amide bonds. The fourth-order valence-electron chi connectivity index (χ4n) is 2.00. The summed E-state index contributed by atoms with van der Waals surface area (Å²) in [5, 5.41) is 0. The zero-order valence-electron chi connectivity index (χ0n) is 13.5. The van der Waals surface area contributed by atoms with Crippen LogP contribution in [-0.4, -0.2) is 37.1 Å². The average Bonchev–Trinajstić information content (AvgIpc) is 2.56. The molecule has 6 heteroatoms. The first-order valence-corrected chi connectivity index (χ1v) is 8.20. The zero-order valence-corrected chi connectivity index (χ0v) is 14.3. The Morgan fingerprint density at radius 2 is 1.61 bits per heavy atom. The molecular weight excluding hydrogens is 320 g/mol. The van der Waals surface area contributed by atoms with E-state index in [-0.39, 0.29) is 25.5 Å². The molecule has 23 heavy (non-hydrogen) atoms. The number of halogens is 1. The van der Waals surface area contributed by atoms with Gasteiger partial charge in [0.05, 0.1) is 25.9 Å². The molecule has 0 fully saturated rings. The fourth-order valence-corrected chi connectivity index (χ4v) is 2.22. The van der Waals surface area contributed by atoms with E-state index in [2.05, 4.69) is 0 Å². The van der Waals surface area contributed by atoms with Crippen LogP contribution in [0.15, 0.2) is 30.3 Å². The molecule has 0 radical (unpaired) electrons. The smallest absolute Gasteiger partial charge is 0.320 e. The highest BCUT2D eigenvalue weighted by molar-refractivity contribution is 6.18. The predicted octanol–water partition coefficient (Wildman–Crippen LogP) is 2.94. The Morgan fingerprint density at radius 1 is 1.04 bits per heavy atom. The van der Waals surface area contributed by atoms with Crippen molar-refractivity contribution in [3.63, 3.8) is 0 Å². The van der Waals surface area contributed by atoms with Crippen LogP contribution >= 0.6 is 11.6 Å². The van der Waals surface area contributed by atoms with Crippen molar-refractivity contribution in [1.29, 1.82) is 0 Å². The summed E-state index contributed by atoms with van der Waals surface area (Å²) in [6.07, 6.45) is -0.316. The van der Waals surface area contributed by atoms with Crippen molar-refractivity contribution in [3.8, 4) is 0 Å². The summed E-state index contributed by atoms with van der Waals surface area (Å²) in [5.74, 6) is -2.06. The molecule has 0 saturated heterocycles. The largest absolute Gasteiger partial charge is 0.465 e. The molecule has 5 nitrogen and oxygen atoms in total. The Bertz CT molecular complexity index is 459. The van der Waals surface area contributed by atoms with Crippen molar-refractivity contribution in [2.75, 3.05) is 19.1 Å². The minimum atomic E-state index is -1.02. The van der Waals surface area contributed by atoms with E-state index in [1.807, 2.05) is 30.3 Å². The monoisotopic (exact) mass is 342 g/mol. The number of carbonyl (C=O) groups is 2. The second-order valence-electron chi connectivity index (χ2n) is 4.87. The molecule has 1 aromatic rings. The van der Waals surface area contributed by atoms with Gasteiger partial charge in [0.1, 0.15) is 0 Å². The highest BCUT2D eigenvalue weighted by Gasteiger charge is 2.32. The Morgan fingerprint density at radius 3 is 2.09 bits per heavy atom. The van der Waals surface area contributed by atoms with E-state index in [1.54, 1.807) is 13.8 Å². The maximum Gasteiger partial charge on any atom is 0.320 e. The van der Waals surface area contributed by atoms with Crippen LogP contribution in [0.1, 0.15) is 25.8 Å². The van der Waals surface area contributed by atoms with Gasteiger partial charge >= 0.3 is 11.9 Å². The lowest BCUT2D eigenvalue weighted by molar-refractivity contribution is -0.163. The molecule has 1 rings (SSSR count). The molecule has 0 aliphatic rings. The van der Waals surface area contributed by atoms with Crippen LogP contribution in [-0.2, 0) is 30.4 Å². The second kappa shape index (κ2) is 11.0. The number of carbonyl (C=O) groups excluding carboxylic acids is 2. The van der Waals surface area contributed by atoms with Gasteiger partial charge in [-0.25, -0.2) is 0 Å². The molecule has 0 saturated carbocycles. The summed E-state index contributed by atoms with van der Waals surface area (Å²) in [5.41, 5.74) is 0.992. The van der Waals surface area contributed by atoms with Gasteiger partial charge in [-0.15, -0.1) is 11.6 Å². The van der Waals surface area contributed by atoms with E-state index in [0.29, 0.717) is 6.61 Å². The highest BCUT2D eigenvalue weighted by Crippen LogP contribution is 2.17. The number of hydrogen-bond donors (Lipinski definition) is 0. The molecule has 0 aliphatic carbocycles. The third-order valence-corrected chi connectivity index (χ3v) is 3.49. The summed E-state index contributed by atoms with van der Waals surface area (Å²) in [4.78, 5) is 23.9. The third-order valence-electron chi connectivity index (χ3n) is 3.14. The van der Waals surface area contributed by atoms with Gasteiger partial charge in [0.15, 0.2) is 5.92 Å². The molecule has 1 atom stereocenters. The van der Waals surface area contributed by atoms with Crippen LogP contribution in [0.5, 0.6) is 0 Å². The first kappa shape index (κ1) is 19.5. The van der Waals surface area contributed by atoms with Crippen molar-refractivity contribution in [3.05, 3.63) is 35.9 Å². The average molecular weight is 343 g/mol. The third kappa shape index (κ3) is 7.01. The van der Waals surface area contributed by atoms with Crippen molar-refractivity contribution in [2.45, 2.75) is 33.0 Å². The Balaban J connectivity index is 2.65. The number of hydrogen-bond acceptors (Lipinski definition) is 5. The Hall–Kier alpha value is -1.59. The first-order chi connectivity index (χ1) is 11.1. The maximum atomic E-state index is 12.0. The van der Waals surface area contributed by atoms with Crippen molar-refractivity contribution >= 4 is 23.5 Å². The summed E-state index contributed by atoms with van der Waals surface area (Å²) in [6, 6.07) is 9.60. The molecule has 0 spiro atoms. The second-order valence-corrected chi connectivity index (χ2v) is 5.17. The van der Waals surface area contributed by atoms with Crippen LogP contribution in [0.3, 0.4) is 0 Å². The molecule has 0 heterocycles. The maximum absolute atomic E-state index is 12.0. The van der Waals surface area contributed by atoms with Gasteiger partial charge < -0.3 is 14.2 Å². The van der Waals surface area contributed by atoms with Gasteiger partial charge in [0, 0.05) is 5.88 Å². The molecule has 1 unspecified atom stereocenters. The van der Waals surface area contributed by atoms with E-state index in [4.69, 9.17) is 25.8 Å². The fraction of sp³-hybridized carbons (Fsp3) is 0.529. The van der Waals surface area contributed by atoms with Crippen LogP contribution in [0.25, 0.3) is 0 Å². The van der Waals surface area contributed by atoms with Crippen molar-refractivity contribution in [2.24, 2.45) is 5.92 Å². The van der Waals surface area contributed by atoms with Crippen molar-refractivity contribution < 1.29 is 23.8 Å². The molecule has 0 aliphatic heterocycles. The van der Waals surface area contributed by atoms with Gasteiger partial charge in [0.2, 0.25) is 0 Å². The number of rotatable bonds is 10. The lowest BCUT2D eigenvalue weighted by Crippen LogP contribution is -2.33. The lowest BCUT2D eigenvalue weighted by Gasteiger charge is -2.20. The number of esters is 2. The normalized spacial score (nSPS) is 12.0.